The molecular weight excluding hydrogens is 244 g/mol. The Bertz CT molecular complexity index is 573. The Hall–Kier alpha value is -1.31. The van der Waals surface area contributed by atoms with Gasteiger partial charge in [0.2, 0.25) is 0 Å². The maximum atomic E-state index is 10.7. The average molecular weight is 261 g/mol. The van der Waals surface area contributed by atoms with E-state index >= 15 is 0 Å². The number of aryl methyl sites for hydroxylation is 2. The summed E-state index contributed by atoms with van der Waals surface area (Å²) in [5.41, 5.74) is 2.81. The van der Waals surface area contributed by atoms with Gasteiger partial charge in [0.25, 0.3) is 0 Å². The molecule has 2 rings (SSSR count). The van der Waals surface area contributed by atoms with Gasteiger partial charge in [-0.2, -0.15) is 0 Å². The summed E-state index contributed by atoms with van der Waals surface area (Å²) in [7, 11) is 0. The predicted octanol–water partition coefficient (Wildman–Crippen LogP) is 4.21. The van der Waals surface area contributed by atoms with E-state index in [0.29, 0.717) is 5.02 Å². The number of aliphatic hydroxyl groups is 1. The van der Waals surface area contributed by atoms with Crippen LogP contribution in [0.2, 0.25) is 5.02 Å². The van der Waals surface area contributed by atoms with E-state index in [-0.39, 0.29) is 0 Å². The lowest BCUT2D eigenvalue weighted by Gasteiger charge is -2.25. The van der Waals surface area contributed by atoms with Gasteiger partial charge in [-0.15, -0.1) is 0 Å². The molecule has 1 N–H and O–H groups in total. The van der Waals surface area contributed by atoms with Gasteiger partial charge >= 0.3 is 0 Å². The van der Waals surface area contributed by atoms with Gasteiger partial charge in [0.15, 0.2) is 0 Å². The Morgan fingerprint density at radius 3 is 2.28 bits per heavy atom. The molecule has 2 heteroatoms. The Morgan fingerprint density at radius 1 is 1.00 bits per heavy atom. The lowest BCUT2D eigenvalue weighted by molar-refractivity contribution is 0.102. The number of rotatable bonds is 2. The second-order valence-corrected chi connectivity index (χ2v) is 5.31. The molecule has 0 amide bonds. The highest BCUT2D eigenvalue weighted by atomic mass is 35.5. The summed E-state index contributed by atoms with van der Waals surface area (Å²) in [6.45, 7) is 5.76. The van der Waals surface area contributed by atoms with Crippen molar-refractivity contribution in [1.29, 1.82) is 0 Å². The molecule has 0 aliphatic carbocycles. The summed E-state index contributed by atoms with van der Waals surface area (Å²) in [6, 6.07) is 13.6. The third-order valence-electron chi connectivity index (χ3n) is 3.31. The van der Waals surface area contributed by atoms with Gasteiger partial charge in [0.1, 0.15) is 5.60 Å². The highest BCUT2D eigenvalue weighted by Gasteiger charge is 2.25. The molecule has 94 valence electrons. The molecule has 0 aliphatic heterocycles. The molecule has 0 spiro atoms. The van der Waals surface area contributed by atoms with Crippen molar-refractivity contribution in [1.82, 2.24) is 0 Å². The second kappa shape index (κ2) is 4.75. The fraction of sp³-hybridized carbons (Fsp3) is 0.250. The molecule has 0 saturated heterocycles. The molecule has 2 aromatic rings. The molecule has 0 aromatic heterocycles. The first-order valence-electron chi connectivity index (χ1n) is 5.97. The summed E-state index contributed by atoms with van der Waals surface area (Å²) >= 11 is 6.13. The molecule has 1 nitrogen and oxygen atoms in total. The van der Waals surface area contributed by atoms with Crippen LogP contribution in [-0.4, -0.2) is 5.11 Å². The van der Waals surface area contributed by atoms with E-state index in [1.165, 1.54) is 0 Å². The molecule has 18 heavy (non-hydrogen) atoms. The van der Waals surface area contributed by atoms with Gasteiger partial charge < -0.3 is 5.11 Å². The van der Waals surface area contributed by atoms with E-state index in [9.17, 15) is 5.11 Å². The minimum Gasteiger partial charge on any atom is -0.381 e. The Labute approximate surface area is 113 Å². The molecule has 0 fully saturated rings. The van der Waals surface area contributed by atoms with Crippen LogP contribution in [0.1, 0.15) is 29.2 Å². The quantitative estimate of drug-likeness (QED) is 0.858. The van der Waals surface area contributed by atoms with Gasteiger partial charge in [0, 0.05) is 5.02 Å². The van der Waals surface area contributed by atoms with Crippen LogP contribution in [-0.2, 0) is 5.60 Å². The Kier molecular flexibility index (Phi) is 3.47. The van der Waals surface area contributed by atoms with Crippen LogP contribution in [0.4, 0.5) is 0 Å². The van der Waals surface area contributed by atoms with E-state index in [1.807, 2.05) is 56.3 Å². The van der Waals surface area contributed by atoms with Gasteiger partial charge in [-0.3, -0.25) is 0 Å². The van der Waals surface area contributed by atoms with Gasteiger partial charge in [-0.1, -0.05) is 53.6 Å². The largest absolute Gasteiger partial charge is 0.381 e. The number of benzene rings is 2. The molecule has 0 heterocycles. The van der Waals surface area contributed by atoms with Crippen LogP contribution < -0.4 is 0 Å². The molecule has 2 aromatic carbocycles. The van der Waals surface area contributed by atoms with Gasteiger partial charge in [-0.25, -0.2) is 0 Å². The van der Waals surface area contributed by atoms with Crippen LogP contribution in [0.5, 0.6) is 0 Å². The normalized spacial score (nSPS) is 14.3. The first-order valence-corrected chi connectivity index (χ1v) is 6.35. The zero-order valence-electron chi connectivity index (χ0n) is 10.9. The summed E-state index contributed by atoms with van der Waals surface area (Å²) in [6.07, 6.45) is 0. The maximum Gasteiger partial charge on any atom is 0.112 e. The van der Waals surface area contributed by atoms with Crippen LogP contribution in [0.3, 0.4) is 0 Å². The molecular formula is C16H17ClO. The van der Waals surface area contributed by atoms with Gasteiger partial charge in [0.05, 0.1) is 0 Å². The smallest absolute Gasteiger partial charge is 0.112 e. The minimum absolute atomic E-state index is 0.681. The molecule has 0 saturated carbocycles. The molecule has 0 bridgehead atoms. The number of halogens is 1. The highest BCUT2D eigenvalue weighted by molar-refractivity contribution is 6.31. The summed E-state index contributed by atoms with van der Waals surface area (Å²) in [4.78, 5) is 0. The fourth-order valence-electron chi connectivity index (χ4n) is 2.01. The standard InChI is InChI=1S/C16H17ClO/c1-11-5-4-6-13(9-11)16(3,18)14-8-7-12(2)15(17)10-14/h4-10,18H,1-3H3. The van der Waals surface area contributed by atoms with Crippen LogP contribution in [0.15, 0.2) is 42.5 Å². The van der Waals surface area contributed by atoms with Crippen molar-refractivity contribution in [2.45, 2.75) is 26.4 Å². The van der Waals surface area contributed by atoms with Crippen molar-refractivity contribution >= 4 is 11.6 Å². The highest BCUT2D eigenvalue weighted by Crippen LogP contribution is 2.31. The lowest BCUT2D eigenvalue weighted by atomic mass is 9.87. The third kappa shape index (κ3) is 2.43. The summed E-state index contributed by atoms with van der Waals surface area (Å²) in [5.74, 6) is 0. The minimum atomic E-state index is -1.02. The van der Waals surface area contributed by atoms with Crippen LogP contribution in [0, 0.1) is 13.8 Å². The predicted molar refractivity (Wildman–Crippen MR) is 76.0 cm³/mol. The SMILES string of the molecule is Cc1cccc(C(C)(O)c2ccc(C)c(Cl)c2)c1. The topological polar surface area (TPSA) is 20.2 Å². The average Bonchev–Trinajstić information content (AvgIpc) is 2.32. The third-order valence-corrected chi connectivity index (χ3v) is 3.72. The van der Waals surface area contributed by atoms with Crippen molar-refractivity contribution in [2.24, 2.45) is 0 Å². The van der Waals surface area contributed by atoms with Crippen molar-refractivity contribution in [2.75, 3.05) is 0 Å². The number of hydrogen-bond donors (Lipinski definition) is 1. The molecule has 1 unspecified atom stereocenters. The van der Waals surface area contributed by atoms with E-state index < -0.39 is 5.60 Å². The Morgan fingerprint density at radius 2 is 1.67 bits per heavy atom. The number of hydrogen-bond acceptors (Lipinski definition) is 1. The summed E-state index contributed by atoms with van der Waals surface area (Å²) < 4.78 is 0. The molecule has 1 atom stereocenters. The first kappa shape index (κ1) is 13.1. The summed E-state index contributed by atoms with van der Waals surface area (Å²) in [5, 5.41) is 11.4. The van der Waals surface area contributed by atoms with Crippen molar-refractivity contribution in [3.8, 4) is 0 Å². The van der Waals surface area contributed by atoms with E-state index in [4.69, 9.17) is 11.6 Å². The van der Waals surface area contributed by atoms with Crippen LogP contribution in [0.25, 0.3) is 0 Å². The van der Waals surface area contributed by atoms with E-state index in [1.54, 1.807) is 6.92 Å². The van der Waals surface area contributed by atoms with Crippen molar-refractivity contribution in [3.63, 3.8) is 0 Å². The second-order valence-electron chi connectivity index (χ2n) is 4.91. The van der Waals surface area contributed by atoms with E-state index in [0.717, 1.165) is 22.3 Å². The van der Waals surface area contributed by atoms with Gasteiger partial charge in [-0.05, 0) is 43.5 Å². The zero-order valence-corrected chi connectivity index (χ0v) is 11.6. The van der Waals surface area contributed by atoms with Crippen molar-refractivity contribution < 1.29 is 5.11 Å². The zero-order chi connectivity index (χ0) is 13.3. The van der Waals surface area contributed by atoms with Crippen molar-refractivity contribution in [3.05, 3.63) is 69.7 Å². The molecule has 0 radical (unpaired) electrons. The maximum absolute atomic E-state index is 10.7. The Balaban J connectivity index is 2.50. The lowest BCUT2D eigenvalue weighted by Crippen LogP contribution is -2.22. The fourth-order valence-corrected chi connectivity index (χ4v) is 2.19. The molecule has 0 aliphatic rings. The monoisotopic (exact) mass is 260 g/mol. The van der Waals surface area contributed by atoms with Crippen LogP contribution >= 0.6 is 11.6 Å². The van der Waals surface area contributed by atoms with E-state index in [2.05, 4.69) is 0 Å². The first-order chi connectivity index (χ1) is 8.41.